The molecular weight excluding hydrogens is 324 g/mol. The molecule has 7 heteroatoms. The van der Waals surface area contributed by atoms with Crippen molar-refractivity contribution >= 4 is 34.4 Å². The largest absolute Gasteiger partial charge is 0.475 e. The first-order valence-electron chi connectivity index (χ1n) is 8.37. The predicted molar refractivity (Wildman–Crippen MR) is 91.4 cm³/mol. The van der Waals surface area contributed by atoms with Crippen molar-refractivity contribution in [3.63, 3.8) is 0 Å². The van der Waals surface area contributed by atoms with Gasteiger partial charge in [-0.25, -0.2) is 4.79 Å². The number of carboxylic acids is 1. The number of rotatable bonds is 5. The normalized spacial score (nSPS) is 17.0. The molecule has 1 aromatic heterocycles. The summed E-state index contributed by atoms with van der Waals surface area (Å²) in [6.07, 6.45) is 2.67. The monoisotopic (exact) mass is 344 g/mol. The summed E-state index contributed by atoms with van der Waals surface area (Å²) in [7, 11) is 0. The van der Waals surface area contributed by atoms with Gasteiger partial charge in [0.2, 0.25) is 17.6 Å². The molecule has 0 spiro atoms. The SMILES string of the molecule is CCCC(=O)N1CCCC1C(=O)Nc1ccc2oc(C(=O)O)cc2c1. The Balaban J connectivity index is 1.74. The molecule has 1 aromatic carbocycles. The average Bonchev–Trinajstić information content (AvgIpc) is 3.21. The zero-order valence-corrected chi connectivity index (χ0v) is 13.9. The Morgan fingerprint density at radius 1 is 1.32 bits per heavy atom. The molecule has 7 nitrogen and oxygen atoms in total. The number of amides is 2. The van der Waals surface area contributed by atoms with E-state index in [2.05, 4.69) is 5.32 Å². The second kappa shape index (κ2) is 6.96. The Kier molecular flexibility index (Phi) is 4.74. The van der Waals surface area contributed by atoms with Crippen molar-refractivity contribution in [1.82, 2.24) is 4.90 Å². The number of fused-ring (bicyclic) bond motifs is 1. The number of hydrogen-bond donors (Lipinski definition) is 2. The lowest BCUT2D eigenvalue weighted by Crippen LogP contribution is -2.43. The minimum atomic E-state index is -1.14. The summed E-state index contributed by atoms with van der Waals surface area (Å²) in [6.45, 7) is 2.55. The first kappa shape index (κ1) is 17.0. The minimum Gasteiger partial charge on any atom is -0.475 e. The molecule has 1 aliphatic rings. The highest BCUT2D eigenvalue weighted by Crippen LogP contribution is 2.25. The van der Waals surface area contributed by atoms with Crippen molar-refractivity contribution in [3.8, 4) is 0 Å². The molecule has 1 aliphatic heterocycles. The van der Waals surface area contributed by atoms with Crippen LogP contribution in [0.4, 0.5) is 5.69 Å². The Morgan fingerprint density at radius 3 is 2.84 bits per heavy atom. The van der Waals surface area contributed by atoms with Gasteiger partial charge < -0.3 is 19.7 Å². The quantitative estimate of drug-likeness (QED) is 0.869. The Morgan fingerprint density at radius 2 is 2.12 bits per heavy atom. The van der Waals surface area contributed by atoms with Crippen LogP contribution in [0.1, 0.15) is 43.2 Å². The van der Waals surface area contributed by atoms with Crippen molar-refractivity contribution in [3.05, 3.63) is 30.0 Å². The molecule has 2 heterocycles. The van der Waals surface area contributed by atoms with E-state index < -0.39 is 12.0 Å². The van der Waals surface area contributed by atoms with E-state index in [1.165, 1.54) is 6.07 Å². The van der Waals surface area contributed by atoms with Gasteiger partial charge in [-0.05, 0) is 43.5 Å². The molecule has 0 aliphatic carbocycles. The van der Waals surface area contributed by atoms with Gasteiger partial charge in [-0.3, -0.25) is 9.59 Å². The number of nitrogens with one attached hydrogen (secondary N) is 1. The molecule has 0 saturated carbocycles. The van der Waals surface area contributed by atoms with Crippen LogP contribution in [0.5, 0.6) is 0 Å². The minimum absolute atomic E-state index is 0.0107. The van der Waals surface area contributed by atoms with Gasteiger partial charge in [0.1, 0.15) is 11.6 Å². The molecule has 2 aromatic rings. The Bertz CT molecular complexity index is 826. The zero-order valence-electron chi connectivity index (χ0n) is 13.9. The second-order valence-corrected chi connectivity index (χ2v) is 6.15. The third-order valence-electron chi connectivity index (χ3n) is 4.33. The molecule has 0 bridgehead atoms. The predicted octanol–water partition coefficient (Wildman–Crippen LogP) is 2.86. The van der Waals surface area contributed by atoms with E-state index in [-0.39, 0.29) is 17.6 Å². The molecule has 3 rings (SSSR count). The molecule has 132 valence electrons. The van der Waals surface area contributed by atoms with Gasteiger partial charge in [0.25, 0.3) is 0 Å². The van der Waals surface area contributed by atoms with Crippen LogP contribution in [0.25, 0.3) is 11.0 Å². The summed E-state index contributed by atoms with van der Waals surface area (Å²) < 4.78 is 5.20. The smallest absolute Gasteiger partial charge is 0.371 e. The van der Waals surface area contributed by atoms with Crippen molar-refractivity contribution in [2.75, 3.05) is 11.9 Å². The topological polar surface area (TPSA) is 99.9 Å². The fraction of sp³-hybridized carbons (Fsp3) is 0.389. The number of nitrogens with zero attached hydrogens (tertiary/aromatic N) is 1. The lowest BCUT2D eigenvalue weighted by Gasteiger charge is -2.23. The summed E-state index contributed by atoms with van der Waals surface area (Å²) in [5, 5.41) is 12.4. The molecule has 1 atom stereocenters. The van der Waals surface area contributed by atoms with Gasteiger partial charge in [0.05, 0.1) is 0 Å². The molecule has 2 N–H and O–H groups in total. The maximum atomic E-state index is 12.6. The summed E-state index contributed by atoms with van der Waals surface area (Å²) in [5.41, 5.74) is 0.987. The lowest BCUT2D eigenvalue weighted by atomic mass is 10.1. The summed E-state index contributed by atoms with van der Waals surface area (Å²) in [6, 6.07) is 5.90. The summed E-state index contributed by atoms with van der Waals surface area (Å²) in [4.78, 5) is 37.3. The molecule has 1 fully saturated rings. The summed E-state index contributed by atoms with van der Waals surface area (Å²) in [5.74, 6) is -1.50. The highest BCUT2D eigenvalue weighted by molar-refractivity contribution is 5.99. The van der Waals surface area contributed by atoms with Crippen molar-refractivity contribution in [2.24, 2.45) is 0 Å². The van der Waals surface area contributed by atoms with E-state index in [9.17, 15) is 14.4 Å². The van der Waals surface area contributed by atoms with E-state index in [1.54, 1.807) is 23.1 Å². The van der Waals surface area contributed by atoms with Crippen LogP contribution in [-0.2, 0) is 9.59 Å². The van der Waals surface area contributed by atoms with Gasteiger partial charge in [-0.2, -0.15) is 0 Å². The highest BCUT2D eigenvalue weighted by Gasteiger charge is 2.33. The van der Waals surface area contributed by atoms with Crippen LogP contribution in [0.2, 0.25) is 0 Å². The van der Waals surface area contributed by atoms with Gasteiger partial charge in [-0.1, -0.05) is 6.92 Å². The van der Waals surface area contributed by atoms with Crippen LogP contribution in [0.3, 0.4) is 0 Å². The van der Waals surface area contributed by atoms with Crippen LogP contribution in [0.15, 0.2) is 28.7 Å². The van der Waals surface area contributed by atoms with E-state index in [0.717, 1.165) is 12.8 Å². The number of carboxylic acid groups (broad SMARTS) is 1. The maximum absolute atomic E-state index is 12.6. The van der Waals surface area contributed by atoms with E-state index in [1.807, 2.05) is 6.92 Å². The maximum Gasteiger partial charge on any atom is 0.371 e. The third-order valence-corrected chi connectivity index (χ3v) is 4.33. The van der Waals surface area contributed by atoms with Crippen LogP contribution < -0.4 is 5.32 Å². The highest BCUT2D eigenvalue weighted by atomic mass is 16.4. The van der Waals surface area contributed by atoms with Gasteiger partial charge in [0.15, 0.2) is 0 Å². The van der Waals surface area contributed by atoms with E-state index in [0.29, 0.717) is 36.0 Å². The molecule has 25 heavy (non-hydrogen) atoms. The number of carbonyl (C=O) groups is 3. The molecule has 1 saturated heterocycles. The third kappa shape index (κ3) is 3.50. The van der Waals surface area contributed by atoms with Crippen LogP contribution in [-0.4, -0.2) is 40.4 Å². The Hall–Kier alpha value is -2.83. The van der Waals surface area contributed by atoms with E-state index in [4.69, 9.17) is 9.52 Å². The fourth-order valence-corrected chi connectivity index (χ4v) is 3.15. The number of carbonyl (C=O) groups excluding carboxylic acids is 2. The van der Waals surface area contributed by atoms with Gasteiger partial charge in [0, 0.05) is 24.0 Å². The molecule has 1 unspecified atom stereocenters. The fourth-order valence-electron chi connectivity index (χ4n) is 3.15. The van der Waals surface area contributed by atoms with E-state index >= 15 is 0 Å². The standard InChI is InChI=1S/C18H20N2O5/c1-2-4-16(21)20-8-3-5-13(20)17(22)19-12-6-7-14-11(9-12)10-15(25-14)18(23)24/h6-7,9-10,13H,2-5,8H2,1H3,(H,19,22)(H,23,24). The number of likely N-dealkylation sites (tertiary alicyclic amines) is 1. The molecule has 0 radical (unpaired) electrons. The van der Waals surface area contributed by atoms with Crippen molar-refractivity contribution in [1.29, 1.82) is 0 Å². The Labute approximate surface area is 144 Å². The number of aromatic carboxylic acids is 1. The first-order chi connectivity index (χ1) is 12.0. The van der Waals surface area contributed by atoms with Crippen LogP contribution >= 0.6 is 0 Å². The van der Waals surface area contributed by atoms with Crippen molar-refractivity contribution in [2.45, 2.75) is 38.6 Å². The van der Waals surface area contributed by atoms with Crippen molar-refractivity contribution < 1.29 is 23.9 Å². The average molecular weight is 344 g/mol. The number of furan rings is 1. The first-order valence-corrected chi connectivity index (χ1v) is 8.37. The van der Waals surface area contributed by atoms with Gasteiger partial charge >= 0.3 is 5.97 Å². The van der Waals surface area contributed by atoms with Gasteiger partial charge in [-0.15, -0.1) is 0 Å². The molecular formula is C18H20N2O5. The number of hydrogen-bond acceptors (Lipinski definition) is 4. The number of anilines is 1. The second-order valence-electron chi connectivity index (χ2n) is 6.15. The number of benzene rings is 1. The zero-order chi connectivity index (χ0) is 18.0. The summed E-state index contributed by atoms with van der Waals surface area (Å²) >= 11 is 0. The molecule has 2 amide bonds. The van der Waals surface area contributed by atoms with Crippen LogP contribution in [0, 0.1) is 0 Å². The lowest BCUT2D eigenvalue weighted by molar-refractivity contribution is -0.136.